The highest BCUT2D eigenvalue weighted by molar-refractivity contribution is 7.90. The van der Waals surface area contributed by atoms with E-state index < -0.39 is 64.4 Å². The standard InChI is InChI=1S/C15H14Cl2F3N3O3.C14H12ClNO4S.C5H12NO4P/c1-3-26-13(24)10(17)4-8-5-12(11(18)6-9(8)16)23-15(25)22(14(19)20)7(2)21-23;1-21(18,19)12-6-9(15)4-5-10(12)13(17)11-7-16-20-14(11)8-2-3-8;1-11(9,10)3-2-4(6)5(7)8/h5-6,10,14H,3-4H2,1-2H3;4-8H,2-3H2,1H3;4H,2-3,6H2,1H3,(H,7,8)(H,9,10). The van der Waals surface area contributed by atoms with Crippen molar-refractivity contribution in [2.75, 3.05) is 25.7 Å². The summed E-state index contributed by atoms with van der Waals surface area (Å²) in [5, 5.41) is 14.7. The number of ether oxygens (including phenoxy) is 1. The second-order valence-electron chi connectivity index (χ2n) is 12.8. The number of carbonyl (C=O) groups excluding carboxylic acids is 2. The van der Waals surface area contributed by atoms with E-state index in [-0.39, 0.29) is 73.7 Å². The number of hydrogen-bond donors (Lipinski definition) is 3. The number of aromatic nitrogens is 4. The van der Waals surface area contributed by atoms with Crippen molar-refractivity contribution in [2.45, 2.75) is 68.3 Å². The summed E-state index contributed by atoms with van der Waals surface area (Å²) in [5.74, 6) is -2.72. The highest BCUT2D eigenvalue weighted by atomic mass is 35.5. The second-order valence-corrected chi connectivity index (χ2v) is 18.7. The smallest absolute Gasteiger partial charge is 0.355 e. The number of ketones is 1. The number of carbonyl (C=O) groups is 3. The number of rotatable bonds is 14. The number of alkyl halides is 3. The maximum Gasteiger partial charge on any atom is 0.355 e. The van der Waals surface area contributed by atoms with Crippen molar-refractivity contribution >= 4 is 69.7 Å². The van der Waals surface area contributed by atoms with E-state index in [0.29, 0.717) is 16.0 Å². The van der Waals surface area contributed by atoms with E-state index in [1.54, 1.807) is 6.92 Å². The minimum absolute atomic E-state index is 0.0412. The van der Waals surface area contributed by atoms with E-state index >= 15 is 0 Å². The molecule has 4 aromatic rings. The molecule has 0 amide bonds. The molecule has 1 fully saturated rings. The van der Waals surface area contributed by atoms with Gasteiger partial charge in [-0.25, -0.2) is 22.2 Å². The van der Waals surface area contributed by atoms with Gasteiger partial charge in [-0.15, -0.1) is 16.7 Å². The van der Waals surface area contributed by atoms with Crippen LogP contribution in [0.5, 0.6) is 0 Å². The number of sulfone groups is 1. The summed E-state index contributed by atoms with van der Waals surface area (Å²) in [6.45, 7) is 0.987. The van der Waals surface area contributed by atoms with E-state index in [0.717, 1.165) is 31.2 Å². The Morgan fingerprint density at radius 1 is 1.16 bits per heavy atom. The lowest BCUT2D eigenvalue weighted by Crippen LogP contribution is -2.30. The van der Waals surface area contributed by atoms with Crippen molar-refractivity contribution in [1.82, 2.24) is 19.5 Å². The molecule has 24 heteroatoms. The van der Waals surface area contributed by atoms with Crippen LogP contribution >= 0.6 is 42.2 Å². The van der Waals surface area contributed by atoms with Gasteiger partial charge in [0.25, 0.3) is 0 Å². The number of aryl methyl sites for hydroxylation is 1. The van der Waals surface area contributed by atoms with Crippen LogP contribution in [0.3, 0.4) is 0 Å². The van der Waals surface area contributed by atoms with Crippen molar-refractivity contribution in [1.29, 1.82) is 0 Å². The molecule has 3 atom stereocenters. The number of esters is 1. The van der Waals surface area contributed by atoms with Gasteiger partial charge < -0.3 is 25.0 Å². The summed E-state index contributed by atoms with van der Waals surface area (Å²) in [7, 11) is -6.67. The molecular formula is C34H38Cl3F3N5O11PS. The third-order valence-electron chi connectivity index (χ3n) is 8.01. The Bertz CT molecular complexity index is 2370. The number of benzene rings is 2. The molecule has 1 saturated carbocycles. The third-order valence-corrected chi connectivity index (χ3v) is 11.2. The molecule has 2 heterocycles. The van der Waals surface area contributed by atoms with E-state index in [1.807, 2.05) is 0 Å². The minimum atomic E-state index is -3.57. The van der Waals surface area contributed by atoms with E-state index in [9.17, 15) is 45.3 Å². The third kappa shape index (κ3) is 13.2. The lowest BCUT2D eigenvalue weighted by molar-refractivity contribution is -0.142. The maximum absolute atomic E-state index is 14.2. The van der Waals surface area contributed by atoms with Crippen molar-refractivity contribution in [3.05, 3.63) is 91.2 Å². The zero-order valence-corrected chi connectivity index (χ0v) is 35.1. The van der Waals surface area contributed by atoms with Gasteiger partial charge >= 0.3 is 24.2 Å². The normalized spacial score (nSPS) is 14.6. The molecule has 2 aromatic heterocycles. The van der Waals surface area contributed by atoms with Gasteiger partial charge in [-0.3, -0.25) is 18.9 Å². The molecule has 0 bridgehead atoms. The van der Waals surface area contributed by atoms with Crippen LogP contribution in [-0.4, -0.2) is 92.8 Å². The zero-order chi connectivity index (χ0) is 43.9. The van der Waals surface area contributed by atoms with Gasteiger partial charge in [0.05, 0.1) is 23.3 Å². The number of aliphatic carboxylic acids is 1. The van der Waals surface area contributed by atoms with Gasteiger partial charge in [0.2, 0.25) is 0 Å². The van der Waals surface area contributed by atoms with E-state index in [2.05, 4.69) is 10.3 Å². The highest BCUT2D eigenvalue weighted by Gasteiger charge is 2.34. The number of nitrogens with zero attached hydrogens (tertiary/aromatic N) is 4. The molecule has 5 rings (SSSR count). The molecule has 0 spiro atoms. The Kier molecular flexibility index (Phi) is 16.9. The molecule has 3 unspecified atom stereocenters. The monoisotopic (exact) mass is 917 g/mol. The molecule has 318 valence electrons. The minimum Gasteiger partial charge on any atom is -0.480 e. The SMILES string of the molecule is CCOC(=O)C(Cl)Cc1cc(-n2nc(C)n(C(F)F)c2=O)c(F)cc1Cl.CP(=O)(O)CCC(N)C(=O)O.CS(=O)(=O)c1cc(Cl)ccc1C(=O)c1cnoc1C1CC1. The Hall–Kier alpha value is -4.04. The molecule has 0 aliphatic heterocycles. The molecular weight excluding hydrogens is 881 g/mol. The average molecular weight is 919 g/mol. The number of hydrogen-bond acceptors (Lipinski definition) is 12. The van der Waals surface area contributed by atoms with Crippen LogP contribution in [-0.2, 0) is 35.1 Å². The van der Waals surface area contributed by atoms with Crippen LogP contribution in [0.2, 0.25) is 10.0 Å². The van der Waals surface area contributed by atoms with Crippen LogP contribution < -0.4 is 11.4 Å². The number of nitrogens with two attached hydrogens (primary N) is 1. The fraction of sp³-hybridized carbons (Fsp3) is 0.412. The molecule has 16 nitrogen and oxygen atoms in total. The van der Waals surface area contributed by atoms with E-state index in [1.165, 1.54) is 38.0 Å². The van der Waals surface area contributed by atoms with Crippen molar-refractivity contribution in [2.24, 2.45) is 5.73 Å². The van der Waals surface area contributed by atoms with Crippen molar-refractivity contribution in [3.8, 4) is 5.69 Å². The fourth-order valence-corrected chi connectivity index (χ4v) is 7.32. The molecule has 4 N–H and O–H groups in total. The molecule has 1 aliphatic rings. The maximum atomic E-state index is 14.2. The quantitative estimate of drug-likeness (QED) is 0.0589. The molecule has 2 aromatic carbocycles. The molecule has 58 heavy (non-hydrogen) atoms. The van der Waals surface area contributed by atoms with Crippen LogP contribution in [0.4, 0.5) is 13.2 Å². The Morgan fingerprint density at radius 2 is 1.79 bits per heavy atom. The summed E-state index contributed by atoms with van der Waals surface area (Å²) in [6.07, 6.45) is 4.18. The van der Waals surface area contributed by atoms with Gasteiger partial charge in [0.15, 0.2) is 34.6 Å². The van der Waals surface area contributed by atoms with Gasteiger partial charge in [0.1, 0.15) is 22.9 Å². The average Bonchev–Trinajstić information content (AvgIpc) is 3.76. The van der Waals surface area contributed by atoms with Gasteiger partial charge in [0, 0.05) is 47.0 Å². The van der Waals surface area contributed by atoms with Gasteiger partial charge in [-0.05, 0) is 69.0 Å². The lowest BCUT2D eigenvalue weighted by atomic mass is 10.0. The first-order valence-corrected chi connectivity index (χ1v) is 22.3. The zero-order valence-electron chi connectivity index (χ0n) is 31.1. The first-order chi connectivity index (χ1) is 26.9. The predicted octanol–water partition coefficient (Wildman–Crippen LogP) is 5.77. The number of carboxylic acids is 1. The number of carboxylic acid groups (broad SMARTS) is 1. The summed E-state index contributed by atoms with van der Waals surface area (Å²) >= 11 is 17.7. The largest absolute Gasteiger partial charge is 0.480 e. The van der Waals surface area contributed by atoms with Crippen LogP contribution in [0, 0.1) is 12.7 Å². The van der Waals surface area contributed by atoms with Crippen molar-refractivity contribution < 1.29 is 59.8 Å². The van der Waals surface area contributed by atoms with E-state index in [4.69, 9.17) is 59.8 Å². The van der Waals surface area contributed by atoms with Gasteiger partial charge in [-0.1, -0.05) is 28.4 Å². The summed E-state index contributed by atoms with van der Waals surface area (Å²) in [6, 6.07) is 5.20. The summed E-state index contributed by atoms with van der Waals surface area (Å²) in [4.78, 5) is 55.1. The predicted molar refractivity (Wildman–Crippen MR) is 206 cm³/mol. The first-order valence-electron chi connectivity index (χ1n) is 16.9. The Morgan fingerprint density at radius 3 is 2.31 bits per heavy atom. The summed E-state index contributed by atoms with van der Waals surface area (Å²) < 4.78 is 85.0. The fourth-order valence-electron chi connectivity index (χ4n) is 4.96. The molecule has 1 aliphatic carbocycles. The second kappa shape index (κ2) is 20.3. The van der Waals surface area contributed by atoms with Crippen LogP contribution in [0.15, 0.2) is 50.7 Å². The molecule has 0 saturated heterocycles. The summed E-state index contributed by atoms with van der Waals surface area (Å²) in [5.41, 5.74) is 4.14. The van der Waals surface area contributed by atoms with Crippen LogP contribution in [0.1, 0.15) is 71.7 Å². The topological polar surface area (TPSA) is 244 Å². The first kappa shape index (κ1) is 48.3. The Balaban J connectivity index is 0.000000252. The lowest BCUT2D eigenvalue weighted by Gasteiger charge is -2.12. The Labute approximate surface area is 344 Å². The van der Waals surface area contributed by atoms with Crippen LogP contribution in [0.25, 0.3) is 5.69 Å². The van der Waals surface area contributed by atoms with Gasteiger partial charge in [-0.2, -0.15) is 13.5 Å². The van der Waals surface area contributed by atoms with Crippen molar-refractivity contribution in [3.63, 3.8) is 0 Å². The molecule has 0 radical (unpaired) electrons. The highest BCUT2D eigenvalue weighted by Crippen LogP contribution is 2.42. The number of halogens is 6.